The molecule has 0 radical (unpaired) electrons. The topological polar surface area (TPSA) is 59.3 Å². The minimum atomic E-state index is -0.389. The fourth-order valence-corrected chi connectivity index (χ4v) is 3.68. The Bertz CT molecular complexity index is 1300. The summed E-state index contributed by atoms with van der Waals surface area (Å²) < 4.78 is 15.5. The van der Waals surface area contributed by atoms with Crippen LogP contribution in [0.15, 0.2) is 54.7 Å². The van der Waals surface area contributed by atoms with E-state index in [2.05, 4.69) is 15.5 Å². The molecule has 30 heavy (non-hydrogen) atoms. The summed E-state index contributed by atoms with van der Waals surface area (Å²) >= 11 is 6.24. The lowest BCUT2D eigenvalue weighted by atomic mass is 9.98. The third-order valence-electron chi connectivity index (χ3n) is 5.30. The van der Waals surface area contributed by atoms with Gasteiger partial charge in [-0.25, -0.2) is 4.39 Å². The first kappa shape index (κ1) is 18.8. The number of rotatable bonds is 4. The fraction of sp³-hybridized carbons (Fsp3) is 0.174. The molecule has 2 heterocycles. The number of aryl methyl sites for hydroxylation is 1. The summed E-state index contributed by atoms with van der Waals surface area (Å²) in [6.07, 6.45) is 3.93. The van der Waals surface area contributed by atoms with Gasteiger partial charge in [-0.3, -0.25) is 9.20 Å². The Labute approximate surface area is 177 Å². The predicted octanol–water partition coefficient (Wildman–Crippen LogP) is 5.06. The van der Waals surface area contributed by atoms with Crippen LogP contribution in [0.4, 0.5) is 4.39 Å². The Hall–Kier alpha value is -3.25. The summed E-state index contributed by atoms with van der Waals surface area (Å²) in [5.74, 6) is 0.0281. The first-order valence-electron chi connectivity index (χ1n) is 9.72. The monoisotopic (exact) mass is 420 g/mol. The molecule has 4 aromatic rings. The molecular weight excluding hydrogens is 403 g/mol. The van der Waals surface area contributed by atoms with E-state index in [1.807, 2.05) is 43.5 Å². The molecule has 150 valence electrons. The number of fused-ring (bicyclic) bond motifs is 1. The fourth-order valence-electron chi connectivity index (χ4n) is 3.48. The Morgan fingerprint density at radius 2 is 1.93 bits per heavy atom. The number of carbonyl (C=O) groups is 1. The summed E-state index contributed by atoms with van der Waals surface area (Å²) in [5, 5.41) is 11.9. The number of hydrogen-bond acceptors (Lipinski definition) is 3. The second-order valence-corrected chi connectivity index (χ2v) is 7.98. The predicted molar refractivity (Wildman–Crippen MR) is 114 cm³/mol. The number of pyridine rings is 1. The number of nitrogens with one attached hydrogen (secondary N) is 1. The van der Waals surface area contributed by atoms with E-state index in [0.717, 1.165) is 29.5 Å². The zero-order valence-electron chi connectivity index (χ0n) is 16.2. The quantitative estimate of drug-likeness (QED) is 0.502. The van der Waals surface area contributed by atoms with Gasteiger partial charge in [-0.1, -0.05) is 17.7 Å². The van der Waals surface area contributed by atoms with Crippen molar-refractivity contribution < 1.29 is 9.18 Å². The maximum Gasteiger partial charge on any atom is 0.251 e. The third-order valence-corrected chi connectivity index (χ3v) is 5.63. The number of carbonyl (C=O) groups excluding carboxylic acids is 1. The third kappa shape index (κ3) is 3.44. The van der Waals surface area contributed by atoms with E-state index < -0.39 is 0 Å². The Morgan fingerprint density at radius 1 is 1.10 bits per heavy atom. The second-order valence-electron chi connectivity index (χ2n) is 7.57. The molecule has 1 N–H and O–H groups in total. The van der Waals surface area contributed by atoms with E-state index in [0.29, 0.717) is 33.7 Å². The number of amides is 1. The molecule has 0 bridgehead atoms. The maximum atomic E-state index is 13.7. The normalized spacial score (nSPS) is 13.6. The smallest absolute Gasteiger partial charge is 0.251 e. The highest BCUT2D eigenvalue weighted by Gasteiger charge is 2.24. The van der Waals surface area contributed by atoms with Gasteiger partial charge < -0.3 is 5.32 Å². The van der Waals surface area contributed by atoms with Crippen molar-refractivity contribution in [3.8, 4) is 22.5 Å². The van der Waals surface area contributed by atoms with E-state index in [1.54, 1.807) is 4.40 Å². The first-order valence-corrected chi connectivity index (χ1v) is 10.1. The summed E-state index contributed by atoms with van der Waals surface area (Å²) in [7, 11) is 0. The summed E-state index contributed by atoms with van der Waals surface area (Å²) in [6.45, 7) is 2.00. The van der Waals surface area contributed by atoms with Crippen molar-refractivity contribution in [2.24, 2.45) is 0 Å². The van der Waals surface area contributed by atoms with Gasteiger partial charge >= 0.3 is 0 Å². The minimum Gasteiger partial charge on any atom is -0.349 e. The van der Waals surface area contributed by atoms with E-state index >= 15 is 0 Å². The number of hydrogen-bond donors (Lipinski definition) is 1. The van der Waals surface area contributed by atoms with Crippen molar-refractivity contribution in [1.82, 2.24) is 19.9 Å². The molecule has 0 saturated heterocycles. The van der Waals surface area contributed by atoms with Crippen molar-refractivity contribution in [3.63, 3.8) is 0 Å². The Balaban J connectivity index is 1.55. The highest BCUT2D eigenvalue weighted by molar-refractivity contribution is 6.33. The van der Waals surface area contributed by atoms with Crippen LogP contribution in [-0.2, 0) is 0 Å². The molecular formula is C23H18ClFN4O. The van der Waals surface area contributed by atoms with Gasteiger partial charge in [0.25, 0.3) is 5.91 Å². The average Bonchev–Trinajstić information content (AvgIpc) is 3.45. The van der Waals surface area contributed by atoms with Crippen LogP contribution in [0.25, 0.3) is 28.2 Å². The molecule has 0 aliphatic heterocycles. The molecule has 5 nitrogen and oxygen atoms in total. The SMILES string of the molecule is Cc1ccc(C(=O)NC2CC2)cc1-c1ccn2c(-c3cc(F)ccc3Cl)nnc2c1. The lowest BCUT2D eigenvalue weighted by molar-refractivity contribution is 0.0951. The van der Waals surface area contributed by atoms with Crippen molar-refractivity contribution in [1.29, 1.82) is 0 Å². The second kappa shape index (κ2) is 7.22. The van der Waals surface area contributed by atoms with E-state index in [-0.39, 0.29) is 11.7 Å². The van der Waals surface area contributed by atoms with Crippen molar-refractivity contribution in [3.05, 3.63) is 76.7 Å². The number of nitrogens with zero attached hydrogens (tertiary/aromatic N) is 3. The van der Waals surface area contributed by atoms with Crippen LogP contribution in [0.3, 0.4) is 0 Å². The first-order chi connectivity index (χ1) is 14.5. The average molecular weight is 421 g/mol. The summed E-state index contributed by atoms with van der Waals surface area (Å²) in [4.78, 5) is 12.4. The molecule has 0 atom stereocenters. The van der Waals surface area contributed by atoms with Gasteiger partial charge in [-0.2, -0.15) is 0 Å². The minimum absolute atomic E-state index is 0.0506. The van der Waals surface area contributed by atoms with Gasteiger partial charge in [0.2, 0.25) is 0 Å². The van der Waals surface area contributed by atoms with Crippen LogP contribution in [0, 0.1) is 12.7 Å². The van der Waals surface area contributed by atoms with E-state index in [4.69, 9.17) is 11.6 Å². The van der Waals surface area contributed by atoms with Crippen LogP contribution >= 0.6 is 11.6 Å². The molecule has 1 amide bonds. The molecule has 2 aromatic heterocycles. The molecule has 1 fully saturated rings. The largest absolute Gasteiger partial charge is 0.349 e. The van der Waals surface area contributed by atoms with Gasteiger partial charge in [0.05, 0.1) is 5.02 Å². The highest BCUT2D eigenvalue weighted by atomic mass is 35.5. The molecule has 1 aliphatic rings. The van der Waals surface area contributed by atoms with Crippen molar-refractivity contribution >= 4 is 23.2 Å². The highest BCUT2D eigenvalue weighted by Crippen LogP contribution is 2.30. The van der Waals surface area contributed by atoms with Gasteiger partial charge in [-0.15, -0.1) is 10.2 Å². The molecule has 5 rings (SSSR count). The lowest BCUT2D eigenvalue weighted by Gasteiger charge is -2.10. The molecule has 0 spiro atoms. The van der Waals surface area contributed by atoms with Crippen LogP contribution < -0.4 is 5.32 Å². The summed E-state index contributed by atoms with van der Waals surface area (Å²) in [6, 6.07) is 14.0. The van der Waals surface area contributed by atoms with Crippen LogP contribution in [-0.4, -0.2) is 26.5 Å². The van der Waals surface area contributed by atoms with Crippen molar-refractivity contribution in [2.75, 3.05) is 0 Å². The zero-order chi connectivity index (χ0) is 20.8. The summed E-state index contributed by atoms with van der Waals surface area (Å²) in [5.41, 5.74) is 4.65. The van der Waals surface area contributed by atoms with Gasteiger partial charge in [0.1, 0.15) is 5.82 Å². The molecule has 2 aromatic carbocycles. The maximum absolute atomic E-state index is 13.7. The standard InChI is InChI=1S/C23H18ClFN4O/c1-13-2-3-15(23(30)26-17-5-6-17)10-18(13)14-8-9-29-21(11-14)27-28-22(29)19-12-16(25)4-7-20(19)24/h2-4,7-12,17H,5-6H2,1H3,(H,26,30). The van der Waals surface area contributed by atoms with Crippen molar-refractivity contribution in [2.45, 2.75) is 25.8 Å². The van der Waals surface area contributed by atoms with Crippen LogP contribution in [0.2, 0.25) is 5.02 Å². The number of halogens is 2. The van der Waals surface area contributed by atoms with E-state index in [9.17, 15) is 9.18 Å². The number of aromatic nitrogens is 3. The molecule has 1 aliphatic carbocycles. The molecule has 0 unspecified atom stereocenters. The zero-order valence-corrected chi connectivity index (χ0v) is 16.9. The van der Waals surface area contributed by atoms with E-state index in [1.165, 1.54) is 18.2 Å². The van der Waals surface area contributed by atoms with Crippen LogP contribution in [0.5, 0.6) is 0 Å². The lowest BCUT2D eigenvalue weighted by Crippen LogP contribution is -2.25. The Kier molecular flexibility index (Phi) is 4.51. The Morgan fingerprint density at radius 3 is 2.73 bits per heavy atom. The van der Waals surface area contributed by atoms with Gasteiger partial charge in [0, 0.05) is 23.4 Å². The van der Waals surface area contributed by atoms with Gasteiger partial charge in [0.15, 0.2) is 11.5 Å². The number of benzene rings is 2. The molecule has 7 heteroatoms. The van der Waals surface area contributed by atoms with Gasteiger partial charge in [-0.05, 0) is 78.9 Å². The van der Waals surface area contributed by atoms with Crippen LogP contribution in [0.1, 0.15) is 28.8 Å². The molecule has 1 saturated carbocycles.